The van der Waals surface area contributed by atoms with Gasteiger partial charge in [-0.3, -0.25) is 4.90 Å². The van der Waals surface area contributed by atoms with Crippen LogP contribution in [0.4, 0.5) is 0 Å². The SMILES string of the molecule is COc1cc(OC)c(OC)cc1CN1CCC(O)(CN2CCCC2)CC1. The minimum Gasteiger partial charge on any atom is -0.496 e. The van der Waals surface area contributed by atoms with Gasteiger partial charge in [-0.2, -0.15) is 0 Å². The van der Waals surface area contributed by atoms with Crippen molar-refractivity contribution in [2.24, 2.45) is 0 Å². The van der Waals surface area contributed by atoms with Crippen LogP contribution in [0.5, 0.6) is 17.2 Å². The third-order valence-corrected chi connectivity index (χ3v) is 5.68. The van der Waals surface area contributed by atoms with E-state index in [0.717, 1.165) is 63.4 Å². The summed E-state index contributed by atoms with van der Waals surface area (Å²) in [6, 6.07) is 3.87. The topological polar surface area (TPSA) is 54.4 Å². The van der Waals surface area contributed by atoms with Crippen LogP contribution in [0.15, 0.2) is 12.1 Å². The number of piperidine rings is 1. The molecule has 1 aromatic rings. The van der Waals surface area contributed by atoms with Gasteiger partial charge < -0.3 is 24.2 Å². The molecule has 3 rings (SSSR count). The quantitative estimate of drug-likeness (QED) is 0.800. The van der Waals surface area contributed by atoms with Crippen LogP contribution in [0.3, 0.4) is 0 Å². The van der Waals surface area contributed by atoms with Crippen molar-refractivity contribution in [2.75, 3.05) is 54.1 Å². The fraction of sp³-hybridized carbons (Fsp3) is 0.700. The van der Waals surface area contributed by atoms with E-state index in [1.54, 1.807) is 21.3 Å². The molecule has 6 nitrogen and oxygen atoms in total. The highest BCUT2D eigenvalue weighted by Crippen LogP contribution is 2.36. The summed E-state index contributed by atoms with van der Waals surface area (Å²) in [5.74, 6) is 2.19. The number of hydrogen-bond acceptors (Lipinski definition) is 6. The van der Waals surface area contributed by atoms with Gasteiger partial charge in [-0.05, 0) is 44.8 Å². The molecule has 0 radical (unpaired) electrons. The molecule has 26 heavy (non-hydrogen) atoms. The zero-order chi connectivity index (χ0) is 18.6. The monoisotopic (exact) mass is 364 g/mol. The Kier molecular flexibility index (Phi) is 6.27. The molecular weight excluding hydrogens is 332 g/mol. The number of aliphatic hydroxyl groups is 1. The second-order valence-electron chi connectivity index (χ2n) is 7.50. The van der Waals surface area contributed by atoms with Crippen LogP contribution in [0.2, 0.25) is 0 Å². The van der Waals surface area contributed by atoms with Crippen LogP contribution in [0.1, 0.15) is 31.2 Å². The molecule has 6 heteroatoms. The second kappa shape index (κ2) is 8.46. The third kappa shape index (κ3) is 4.42. The molecule has 1 aromatic carbocycles. The van der Waals surface area contributed by atoms with Gasteiger partial charge in [-0.25, -0.2) is 0 Å². The Labute approximate surface area is 156 Å². The lowest BCUT2D eigenvalue weighted by molar-refractivity contribution is -0.0431. The van der Waals surface area contributed by atoms with Gasteiger partial charge in [-0.1, -0.05) is 0 Å². The van der Waals surface area contributed by atoms with E-state index in [0.29, 0.717) is 11.5 Å². The van der Waals surface area contributed by atoms with Crippen molar-refractivity contribution in [1.82, 2.24) is 9.80 Å². The summed E-state index contributed by atoms with van der Waals surface area (Å²) in [5.41, 5.74) is 0.540. The van der Waals surface area contributed by atoms with E-state index in [4.69, 9.17) is 14.2 Å². The molecule has 2 saturated heterocycles. The van der Waals surface area contributed by atoms with E-state index in [9.17, 15) is 5.11 Å². The molecule has 0 spiro atoms. The van der Waals surface area contributed by atoms with E-state index in [2.05, 4.69) is 9.80 Å². The first-order valence-corrected chi connectivity index (χ1v) is 9.53. The number of ether oxygens (including phenoxy) is 3. The molecule has 0 amide bonds. The average molecular weight is 364 g/mol. The molecule has 146 valence electrons. The summed E-state index contributed by atoms with van der Waals surface area (Å²) in [5, 5.41) is 10.9. The third-order valence-electron chi connectivity index (χ3n) is 5.68. The molecule has 0 aliphatic carbocycles. The fourth-order valence-electron chi connectivity index (χ4n) is 4.10. The Bertz CT molecular complexity index is 594. The van der Waals surface area contributed by atoms with Gasteiger partial charge in [0.1, 0.15) is 5.75 Å². The molecule has 2 fully saturated rings. The van der Waals surface area contributed by atoms with Gasteiger partial charge in [0.05, 0.1) is 26.9 Å². The summed E-state index contributed by atoms with van der Waals surface area (Å²) in [6.45, 7) is 5.65. The summed E-state index contributed by atoms with van der Waals surface area (Å²) >= 11 is 0. The van der Waals surface area contributed by atoms with Crippen molar-refractivity contribution < 1.29 is 19.3 Å². The number of methoxy groups -OCH3 is 3. The van der Waals surface area contributed by atoms with Gasteiger partial charge >= 0.3 is 0 Å². The van der Waals surface area contributed by atoms with E-state index in [-0.39, 0.29) is 0 Å². The lowest BCUT2D eigenvalue weighted by Gasteiger charge is -2.40. The van der Waals surface area contributed by atoms with Crippen LogP contribution in [0, 0.1) is 0 Å². The summed E-state index contributed by atoms with van der Waals surface area (Å²) in [6.07, 6.45) is 4.17. The maximum Gasteiger partial charge on any atom is 0.164 e. The normalized spacial score (nSPS) is 20.9. The Balaban J connectivity index is 1.62. The maximum atomic E-state index is 10.9. The van der Waals surface area contributed by atoms with Crippen LogP contribution in [0.25, 0.3) is 0 Å². The maximum absolute atomic E-state index is 10.9. The van der Waals surface area contributed by atoms with E-state index in [1.165, 1.54) is 12.8 Å². The van der Waals surface area contributed by atoms with Gasteiger partial charge in [0.2, 0.25) is 0 Å². The number of hydrogen-bond donors (Lipinski definition) is 1. The Morgan fingerprint density at radius 3 is 2.00 bits per heavy atom. The van der Waals surface area contributed by atoms with Crippen molar-refractivity contribution in [3.8, 4) is 17.2 Å². The minimum atomic E-state index is -0.539. The Morgan fingerprint density at radius 2 is 1.42 bits per heavy atom. The van der Waals surface area contributed by atoms with Crippen LogP contribution < -0.4 is 14.2 Å². The van der Waals surface area contributed by atoms with Crippen molar-refractivity contribution in [3.63, 3.8) is 0 Å². The van der Waals surface area contributed by atoms with Crippen LogP contribution >= 0.6 is 0 Å². The largest absolute Gasteiger partial charge is 0.496 e. The first-order valence-electron chi connectivity index (χ1n) is 9.53. The molecule has 2 heterocycles. The lowest BCUT2D eigenvalue weighted by atomic mass is 9.90. The number of rotatable bonds is 7. The zero-order valence-electron chi connectivity index (χ0n) is 16.3. The van der Waals surface area contributed by atoms with E-state index < -0.39 is 5.60 Å². The van der Waals surface area contributed by atoms with Gasteiger partial charge in [0, 0.05) is 37.8 Å². The van der Waals surface area contributed by atoms with Crippen molar-refractivity contribution in [3.05, 3.63) is 17.7 Å². The molecule has 0 bridgehead atoms. The molecule has 1 N–H and O–H groups in total. The smallest absolute Gasteiger partial charge is 0.164 e. The zero-order valence-corrected chi connectivity index (χ0v) is 16.3. The first kappa shape index (κ1) is 19.3. The molecular formula is C20H32N2O4. The Morgan fingerprint density at radius 1 is 0.846 bits per heavy atom. The predicted octanol–water partition coefficient (Wildman–Crippen LogP) is 2.14. The van der Waals surface area contributed by atoms with Crippen molar-refractivity contribution >= 4 is 0 Å². The first-order chi connectivity index (χ1) is 12.6. The molecule has 0 unspecified atom stereocenters. The van der Waals surface area contributed by atoms with Crippen LogP contribution in [-0.4, -0.2) is 74.6 Å². The van der Waals surface area contributed by atoms with Gasteiger partial charge in [-0.15, -0.1) is 0 Å². The van der Waals surface area contributed by atoms with Crippen molar-refractivity contribution in [1.29, 1.82) is 0 Å². The standard InChI is InChI=1S/C20H32N2O4/c1-24-17-13-19(26-3)18(25-2)12-16(17)14-21-10-6-20(23,7-11-21)15-22-8-4-5-9-22/h12-13,23H,4-11,14-15H2,1-3H3. The second-order valence-corrected chi connectivity index (χ2v) is 7.50. The number of nitrogens with zero attached hydrogens (tertiary/aromatic N) is 2. The average Bonchev–Trinajstić information content (AvgIpc) is 3.15. The predicted molar refractivity (Wildman–Crippen MR) is 101 cm³/mol. The number of β-amino-alcohol motifs (C(OH)–C–C–N with tert-alkyl or cyclic N) is 1. The fourth-order valence-corrected chi connectivity index (χ4v) is 4.10. The lowest BCUT2D eigenvalue weighted by Crippen LogP contribution is -2.50. The van der Waals surface area contributed by atoms with E-state index >= 15 is 0 Å². The van der Waals surface area contributed by atoms with Crippen molar-refractivity contribution in [2.45, 2.75) is 37.8 Å². The molecule has 0 saturated carbocycles. The molecule has 2 aliphatic rings. The molecule has 0 aromatic heterocycles. The van der Waals surface area contributed by atoms with Crippen LogP contribution in [-0.2, 0) is 6.54 Å². The van der Waals surface area contributed by atoms with E-state index in [1.807, 2.05) is 12.1 Å². The molecule has 2 aliphatic heterocycles. The molecule has 0 atom stereocenters. The Hall–Kier alpha value is -1.50. The highest BCUT2D eigenvalue weighted by molar-refractivity contribution is 5.50. The minimum absolute atomic E-state index is 0.539. The summed E-state index contributed by atoms with van der Waals surface area (Å²) < 4.78 is 16.3. The highest BCUT2D eigenvalue weighted by atomic mass is 16.5. The van der Waals surface area contributed by atoms with Gasteiger partial charge in [0.15, 0.2) is 11.5 Å². The summed E-state index contributed by atoms with van der Waals surface area (Å²) in [4.78, 5) is 4.79. The van der Waals surface area contributed by atoms with Gasteiger partial charge in [0.25, 0.3) is 0 Å². The highest BCUT2D eigenvalue weighted by Gasteiger charge is 2.34. The number of likely N-dealkylation sites (tertiary alicyclic amines) is 2. The summed E-state index contributed by atoms with van der Waals surface area (Å²) in [7, 11) is 4.95. The number of benzene rings is 1.